The van der Waals surface area contributed by atoms with E-state index in [1.807, 2.05) is 0 Å². The van der Waals surface area contributed by atoms with Crippen molar-refractivity contribution in [3.63, 3.8) is 0 Å². The summed E-state index contributed by atoms with van der Waals surface area (Å²) < 4.78 is 5.14. The molecule has 0 saturated heterocycles. The smallest absolute Gasteiger partial charge is 0.222 e. The molecular formula is C10H18N4O. The van der Waals surface area contributed by atoms with Crippen molar-refractivity contribution in [2.24, 2.45) is 0 Å². The molecule has 5 heteroatoms. The minimum Gasteiger partial charge on any atom is -0.491 e. The molecule has 0 amide bonds. The van der Waals surface area contributed by atoms with Crippen molar-refractivity contribution in [3.05, 3.63) is 6.20 Å². The summed E-state index contributed by atoms with van der Waals surface area (Å²) >= 11 is 0. The molecule has 1 aromatic heterocycles. The first kappa shape index (κ1) is 11.6. The molecule has 3 N–H and O–H groups in total. The number of ether oxygens (including phenoxy) is 1. The van der Waals surface area contributed by atoms with E-state index in [1.54, 1.807) is 13.3 Å². The predicted molar refractivity (Wildman–Crippen MR) is 61.0 cm³/mol. The Morgan fingerprint density at radius 2 is 2.33 bits per heavy atom. The van der Waals surface area contributed by atoms with Crippen molar-refractivity contribution >= 4 is 11.8 Å². The fraction of sp³-hybridized carbons (Fsp3) is 0.600. The van der Waals surface area contributed by atoms with Crippen LogP contribution in [0.3, 0.4) is 0 Å². The molecule has 0 aliphatic carbocycles. The van der Waals surface area contributed by atoms with Crippen molar-refractivity contribution in [1.82, 2.24) is 9.97 Å². The Morgan fingerprint density at radius 3 is 2.93 bits per heavy atom. The van der Waals surface area contributed by atoms with Gasteiger partial charge in [0.1, 0.15) is 0 Å². The van der Waals surface area contributed by atoms with Gasteiger partial charge in [-0.15, -0.1) is 0 Å². The third kappa shape index (κ3) is 3.27. The normalized spacial score (nSPS) is 12.2. The van der Waals surface area contributed by atoms with Gasteiger partial charge in [-0.25, -0.2) is 4.98 Å². The summed E-state index contributed by atoms with van der Waals surface area (Å²) in [5.41, 5.74) is 5.51. The monoisotopic (exact) mass is 210 g/mol. The van der Waals surface area contributed by atoms with E-state index in [0.29, 0.717) is 17.6 Å². The Balaban J connectivity index is 2.77. The van der Waals surface area contributed by atoms with Gasteiger partial charge in [0.05, 0.1) is 13.3 Å². The maximum Gasteiger partial charge on any atom is 0.222 e. The van der Waals surface area contributed by atoms with Crippen LogP contribution in [0.15, 0.2) is 6.20 Å². The van der Waals surface area contributed by atoms with Gasteiger partial charge in [0.2, 0.25) is 5.95 Å². The second kappa shape index (κ2) is 5.38. The number of nitrogen functional groups attached to an aromatic ring is 1. The van der Waals surface area contributed by atoms with E-state index in [0.717, 1.165) is 12.8 Å². The standard InChI is InChI=1S/C10H18N4O/c1-4-5-7(2)13-9-8(15-3)6-12-10(11)14-9/h6-7H,4-5H2,1-3H3,(H3,11,12,13,14). The topological polar surface area (TPSA) is 73.1 Å². The van der Waals surface area contributed by atoms with Gasteiger partial charge in [-0.3, -0.25) is 0 Å². The summed E-state index contributed by atoms with van der Waals surface area (Å²) in [6.45, 7) is 4.24. The summed E-state index contributed by atoms with van der Waals surface area (Å²) in [6.07, 6.45) is 3.77. The molecule has 1 atom stereocenters. The SMILES string of the molecule is CCCC(C)Nc1nc(N)ncc1OC. The number of methoxy groups -OCH3 is 1. The number of hydrogen-bond acceptors (Lipinski definition) is 5. The number of nitrogens with two attached hydrogens (primary N) is 1. The van der Waals surface area contributed by atoms with Crippen LogP contribution in [0.4, 0.5) is 11.8 Å². The van der Waals surface area contributed by atoms with Crippen LogP contribution in [0, 0.1) is 0 Å². The largest absolute Gasteiger partial charge is 0.491 e. The molecule has 0 aliphatic heterocycles. The maximum absolute atomic E-state index is 5.51. The van der Waals surface area contributed by atoms with E-state index >= 15 is 0 Å². The molecule has 0 aliphatic rings. The van der Waals surface area contributed by atoms with Crippen LogP contribution in [-0.4, -0.2) is 23.1 Å². The summed E-state index contributed by atoms with van der Waals surface area (Å²) in [6, 6.07) is 0.346. The fourth-order valence-corrected chi connectivity index (χ4v) is 1.38. The van der Waals surface area contributed by atoms with Crippen molar-refractivity contribution in [1.29, 1.82) is 0 Å². The zero-order valence-electron chi connectivity index (χ0n) is 9.45. The number of rotatable bonds is 5. The van der Waals surface area contributed by atoms with Crippen LogP contribution in [0.2, 0.25) is 0 Å². The summed E-state index contributed by atoms with van der Waals surface area (Å²) in [4.78, 5) is 7.96. The van der Waals surface area contributed by atoms with Gasteiger partial charge in [-0.05, 0) is 13.3 Å². The maximum atomic E-state index is 5.51. The second-order valence-corrected chi connectivity index (χ2v) is 3.48. The van der Waals surface area contributed by atoms with Gasteiger partial charge >= 0.3 is 0 Å². The van der Waals surface area contributed by atoms with E-state index in [-0.39, 0.29) is 5.95 Å². The van der Waals surface area contributed by atoms with Crippen LogP contribution in [0.1, 0.15) is 26.7 Å². The van der Waals surface area contributed by atoms with Crippen molar-refractivity contribution in [3.8, 4) is 5.75 Å². The average Bonchev–Trinajstić information content (AvgIpc) is 2.18. The fourth-order valence-electron chi connectivity index (χ4n) is 1.38. The molecule has 0 bridgehead atoms. The highest BCUT2D eigenvalue weighted by Gasteiger charge is 2.08. The molecular weight excluding hydrogens is 192 g/mol. The molecule has 1 unspecified atom stereocenters. The molecule has 1 aromatic rings. The molecule has 0 fully saturated rings. The molecule has 1 rings (SSSR count). The Hall–Kier alpha value is -1.52. The van der Waals surface area contributed by atoms with Gasteiger partial charge in [0, 0.05) is 6.04 Å². The number of nitrogens with zero attached hydrogens (tertiary/aromatic N) is 2. The van der Waals surface area contributed by atoms with Crippen molar-refractivity contribution < 1.29 is 4.74 Å². The highest BCUT2D eigenvalue weighted by molar-refractivity contribution is 5.51. The van der Waals surface area contributed by atoms with Crippen LogP contribution < -0.4 is 15.8 Å². The zero-order valence-corrected chi connectivity index (χ0v) is 9.45. The van der Waals surface area contributed by atoms with E-state index in [4.69, 9.17) is 10.5 Å². The minimum atomic E-state index is 0.252. The Bertz CT molecular complexity index is 316. The average molecular weight is 210 g/mol. The molecule has 0 aromatic carbocycles. The third-order valence-corrected chi connectivity index (χ3v) is 2.10. The van der Waals surface area contributed by atoms with E-state index in [1.165, 1.54) is 0 Å². The predicted octanol–water partition coefficient (Wildman–Crippen LogP) is 1.67. The van der Waals surface area contributed by atoms with Crippen molar-refractivity contribution in [2.75, 3.05) is 18.2 Å². The molecule has 15 heavy (non-hydrogen) atoms. The molecule has 1 heterocycles. The van der Waals surface area contributed by atoms with Crippen LogP contribution in [-0.2, 0) is 0 Å². The highest BCUT2D eigenvalue weighted by Crippen LogP contribution is 2.22. The van der Waals surface area contributed by atoms with Gasteiger partial charge in [-0.2, -0.15) is 4.98 Å². The Kier molecular flexibility index (Phi) is 4.15. The zero-order chi connectivity index (χ0) is 11.3. The van der Waals surface area contributed by atoms with Gasteiger partial charge < -0.3 is 15.8 Å². The van der Waals surface area contributed by atoms with Crippen molar-refractivity contribution in [2.45, 2.75) is 32.7 Å². The molecule has 0 spiro atoms. The quantitative estimate of drug-likeness (QED) is 0.773. The van der Waals surface area contributed by atoms with E-state index in [9.17, 15) is 0 Å². The Labute approximate surface area is 90.1 Å². The third-order valence-electron chi connectivity index (χ3n) is 2.10. The molecule has 5 nitrogen and oxygen atoms in total. The van der Waals surface area contributed by atoms with Crippen LogP contribution in [0.5, 0.6) is 5.75 Å². The Morgan fingerprint density at radius 1 is 1.60 bits per heavy atom. The van der Waals surface area contributed by atoms with Gasteiger partial charge in [-0.1, -0.05) is 13.3 Å². The first-order valence-corrected chi connectivity index (χ1v) is 5.10. The van der Waals surface area contributed by atoms with Crippen LogP contribution in [0.25, 0.3) is 0 Å². The van der Waals surface area contributed by atoms with E-state index < -0.39 is 0 Å². The number of anilines is 2. The number of nitrogens with one attached hydrogen (secondary N) is 1. The molecule has 0 radical (unpaired) electrons. The number of hydrogen-bond donors (Lipinski definition) is 2. The van der Waals surface area contributed by atoms with E-state index in [2.05, 4.69) is 29.1 Å². The summed E-state index contributed by atoms with van der Waals surface area (Å²) in [5, 5.41) is 3.25. The lowest BCUT2D eigenvalue weighted by atomic mass is 10.2. The first-order valence-electron chi connectivity index (χ1n) is 5.10. The van der Waals surface area contributed by atoms with Gasteiger partial charge in [0.15, 0.2) is 11.6 Å². The lowest BCUT2D eigenvalue weighted by Gasteiger charge is -2.15. The lowest BCUT2D eigenvalue weighted by Crippen LogP contribution is -2.16. The number of aromatic nitrogens is 2. The molecule has 84 valence electrons. The summed E-state index contributed by atoms with van der Waals surface area (Å²) in [7, 11) is 1.59. The highest BCUT2D eigenvalue weighted by atomic mass is 16.5. The first-order chi connectivity index (χ1) is 7.17. The van der Waals surface area contributed by atoms with Gasteiger partial charge in [0.25, 0.3) is 0 Å². The molecule has 0 saturated carbocycles. The summed E-state index contributed by atoms with van der Waals surface area (Å²) in [5.74, 6) is 1.53. The minimum absolute atomic E-state index is 0.252. The second-order valence-electron chi connectivity index (χ2n) is 3.48. The van der Waals surface area contributed by atoms with Crippen LogP contribution >= 0.6 is 0 Å². The lowest BCUT2D eigenvalue weighted by molar-refractivity contribution is 0.412.